The van der Waals surface area contributed by atoms with Gasteiger partial charge in [-0.3, -0.25) is 4.79 Å². The minimum absolute atomic E-state index is 0.173. The van der Waals surface area contributed by atoms with Crippen LogP contribution in [0.25, 0.3) is 0 Å². The Hall–Kier alpha value is -1.22. The van der Waals surface area contributed by atoms with Crippen LogP contribution in [0.3, 0.4) is 0 Å². The predicted octanol–water partition coefficient (Wildman–Crippen LogP) is 5.64. The van der Waals surface area contributed by atoms with E-state index in [1.165, 1.54) is 19.1 Å². The first-order valence-corrected chi connectivity index (χ1v) is 6.54. The van der Waals surface area contributed by atoms with Crippen molar-refractivity contribution in [3.05, 3.63) is 57.0 Å². The zero-order chi connectivity index (χ0) is 14.0. The summed E-state index contributed by atoms with van der Waals surface area (Å²) in [5, 5.41) is 1.27. The molecule has 0 spiro atoms. The van der Waals surface area contributed by atoms with Crippen molar-refractivity contribution >= 4 is 40.6 Å². The molecule has 2 aromatic carbocycles. The van der Waals surface area contributed by atoms with Gasteiger partial charge in [-0.2, -0.15) is 0 Å². The minimum Gasteiger partial charge on any atom is -0.455 e. The number of carbonyl (C=O) groups excluding carboxylic acids is 1. The summed E-state index contributed by atoms with van der Waals surface area (Å²) >= 11 is 17.7. The highest BCUT2D eigenvalue weighted by molar-refractivity contribution is 6.36. The molecule has 0 aliphatic rings. The number of hydrogen-bond donors (Lipinski definition) is 0. The first-order chi connectivity index (χ1) is 8.97. The number of carbonyl (C=O) groups is 1. The van der Waals surface area contributed by atoms with Gasteiger partial charge in [-0.15, -0.1) is 0 Å². The normalized spacial score (nSPS) is 10.3. The number of benzene rings is 2. The maximum Gasteiger partial charge on any atom is 0.163 e. The Labute approximate surface area is 125 Å². The fraction of sp³-hybridized carbons (Fsp3) is 0.0714. The van der Waals surface area contributed by atoms with E-state index in [1.807, 2.05) is 0 Å². The molecule has 0 heterocycles. The molecule has 98 valence electrons. The van der Waals surface area contributed by atoms with Gasteiger partial charge in [0, 0.05) is 10.0 Å². The number of rotatable bonds is 3. The summed E-state index contributed by atoms with van der Waals surface area (Å²) in [5.74, 6) is 0.658. The highest BCUT2D eigenvalue weighted by Gasteiger charge is 2.15. The summed E-state index contributed by atoms with van der Waals surface area (Å²) < 4.78 is 5.64. The Kier molecular flexibility index (Phi) is 4.35. The van der Waals surface area contributed by atoms with Crippen molar-refractivity contribution in [2.24, 2.45) is 0 Å². The van der Waals surface area contributed by atoms with Gasteiger partial charge in [0.2, 0.25) is 0 Å². The molecular weight excluding hydrogens is 307 g/mol. The number of halogens is 3. The van der Waals surface area contributed by atoms with Gasteiger partial charge in [0.1, 0.15) is 5.75 Å². The van der Waals surface area contributed by atoms with Crippen LogP contribution in [0.15, 0.2) is 36.4 Å². The van der Waals surface area contributed by atoms with E-state index in [-0.39, 0.29) is 10.8 Å². The standard InChI is InChI=1S/C14H9Cl3O2/c1-8(18)12-6-10(16)7-13(17)14(12)19-11-4-2-9(15)3-5-11/h2-7H,1H3. The molecule has 0 N–H and O–H groups in total. The molecule has 0 saturated carbocycles. The third-order valence-electron chi connectivity index (χ3n) is 2.42. The van der Waals surface area contributed by atoms with Crippen LogP contribution in [-0.2, 0) is 0 Å². The molecule has 2 rings (SSSR count). The third-order valence-corrected chi connectivity index (χ3v) is 3.17. The number of Topliss-reactive ketones (excluding diaryl/α,β-unsaturated/α-hetero) is 1. The maximum atomic E-state index is 11.6. The van der Waals surface area contributed by atoms with Crippen LogP contribution in [-0.4, -0.2) is 5.78 Å². The van der Waals surface area contributed by atoms with Gasteiger partial charge in [0.25, 0.3) is 0 Å². The Morgan fingerprint density at radius 2 is 1.63 bits per heavy atom. The van der Waals surface area contributed by atoms with Crippen LogP contribution >= 0.6 is 34.8 Å². The van der Waals surface area contributed by atoms with Crippen molar-refractivity contribution in [3.8, 4) is 11.5 Å². The van der Waals surface area contributed by atoms with Gasteiger partial charge in [-0.25, -0.2) is 0 Å². The van der Waals surface area contributed by atoms with Gasteiger partial charge < -0.3 is 4.74 Å². The first kappa shape index (κ1) is 14.2. The molecule has 0 aliphatic heterocycles. The van der Waals surface area contributed by atoms with Crippen LogP contribution in [0.2, 0.25) is 15.1 Å². The molecule has 0 bridgehead atoms. The zero-order valence-corrected chi connectivity index (χ0v) is 12.2. The fourth-order valence-electron chi connectivity index (χ4n) is 1.55. The summed E-state index contributed by atoms with van der Waals surface area (Å²) in [6, 6.07) is 9.82. The third kappa shape index (κ3) is 3.41. The van der Waals surface area contributed by atoms with Crippen LogP contribution in [0, 0.1) is 0 Å². The van der Waals surface area contributed by atoms with Crippen molar-refractivity contribution in [1.82, 2.24) is 0 Å². The second kappa shape index (κ2) is 5.83. The molecular formula is C14H9Cl3O2. The average molecular weight is 316 g/mol. The molecule has 0 amide bonds. The SMILES string of the molecule is CC(=O)c1cc(Cl)cc(Cl)c1Oc1ccc(Cl)cc1. The van der Waals surface area contributed by atoms with Crippen molar-refractivity contribution in [1.29, 1.82) is 0 Å². The first-order valence-electron chi connectivity index (χ1n) is 5.41. The molecule has 2 nitrogen and oxygen atoms in total. The Morgan fingerprint density at radius 3 is 2.21 bits per heavy atom. The topological polar surface area (TPSA) is 26.3 Å². The van der Waals surface area contributed by atoms with Gasteiger partial charge in [-0.05, 0) is 43.3 Å². The van der Waals surface area contributed by atoms with Gasteiger partial charge in [-0.1, -0.05) is 34.8 Å². The molecule has 0 atom stereocenters. The summed E-state index contributed by atoms with van der Waals surface area (Å²) in [6.45, 7) is 1.43. The van der Waals surface area contributed by atoms with E-state index in [2.05, 4.69) is 0 Å². The molecule has 19 heavy (non-hydrogen) atoms. The molecule has 0 aromatic heterocycles. The smallest absolute Gasteiger partial charge is 0.163 e. The lowest BCUT2D eigenvalue weighted by Gasteiger charge is -2.12. The quantitative estimate of drug-likeness (QED) is 0.685. The molecule has 0 saturated heterocycles. The van der Waals surface area contributed by atoms with E-state index in [1.54, 1.807) is 24.3 Å². The van der Waals surface area contributed by atoms with Gasteiger partial charge >= 0.3 is 0 Å². The van der Waals surface area contributed by atoms with E-state index in [9.17, 15) is 4.79 Å². The largest absolute Gasteiger partial charge is 0.455 e. The van der Waals surface area contributed by atoms with E-state index < -0.39 is 0 Å². The molecule has 0 unspecified atom stereocenters. The maximum absolute atomic E-state index is 11.6. The Bertz CT molecular complexity index is 621. The van der Waals surface area contributed by atoms with Gasteiger partial charge in [0.15, 0.2) is 11.5 Å². The highest BCUT2D eigenvalue weighted by Crippen LogP contribution is 2.36. The predicted molar refractivity (Wildman–Crippen MR) is 78.0 cm³/mol. The van der Waals surface area contributed by atoms with Crippen molar-refractivity contribution in [2.45, 2.75) is 6.92 Å². The van der Waals surface area contributed by atoms with E-state index in [0.717, 1.165) is 0 Å². The summed E-state index contributed by atoms with van der Waals surface area (Å²) in [5.41, 5.74) is 0.340. The lowest BCUT2D eigenvalue weighted by molar-refractivity contribution is 0.101. The van der Waals surface area contributed by atoms with Crippen LogP contribution in [0.1, 0.15) is 17.3 Å². The highest BCUT2D eigenvalue weighted by atomic mass is 35.5. The molecule has 2 aromatic rings. The minimum atomic E-state index is -0.173. The van der Waals surface area contributed by atoms with Crippen LogP contribution < -0.4 is 4.74 Å². The lowest BCUT2D eigenvalue weighted by atomic mass is 10.1. The molecule has 0 fully saturated rings. The second-order valence-corrected chi connectivity index (χ2v) is 5.16. The van der Waals surface area contributed by atoms with E-state index >= 15 is 0 Å². The summed E-state index contributed by atoms with van der Waals surface area (Å²) in [7, 11) is 0. The molecule has 5 heteroatoms. The lowest BCUT2D eigenvalue weighted by Crippen LogP contribution is -1.98. The Balaban J connectivity index is 2.44. The molecule has 0 aliphatic carbocycles. The monoisotopic (exact) mass is 314 g/mol. The van der Waals surface area contributed by atoms with Crippen molar-refractivity contribution < 1.29 is 9.53 Å². The average Bonchev–Trinajstić information content (AvgIpc) is 2.34. The van der Waals surface area contributed by atoms with E-state index in [0.29, 0.717) is 27.1 Å². The number of ether oxygens (including phenoxy) is 1. The Morgan fingerprint density at radius 1 is 1.00 bits per heavy atom. The van der Waals surface area contributed by atoms with E-state index in [4.69, 9.17) is 39.5 Å². The van der Waals surface area contributed by atoms with Crippen LogP contribution in [0.5, 0.6) is 11.5 Å². The second-order valence-electron chi connectivity index (χ2n) is 3.88. The van der Waals surface area contributed by atoms with Gasteiger partial charge in [0.05, 0.1) is 10.6 Å². The zero-order valence-electron chi connectivity index (χ0n) is 9.91. The van der Waals surface area contributed by atoms with Crippen molar-refractivity contribution in [3.63, 3.8) is 0 Å². The summed E-state index contributed by atoms with van der Waals surface area (Å²) in [4.78, 5) is 11.6. The van der Waals surface area contributed by atoms with Crippen LogP contribution in [0.4, 0.5) is 0 Å². The molecule has 0 radical (unpaired) electrons. The number of ketones is 1. The fourth-order valence-corrected chi connectivity index (χ4v) is 2.20. The summed E-state index contributed by atoms with van der Waals surface area (Å²) in [6.07, 6.45) is 0. The van der Waals surface area contributed by atoms with Crippen molar-refractivity contribution in [2.75, 3.05) is 0 Å². The number of hydrogen-bond acceptors (Lipinski definition) is 2.